The zero-order valence-electron chi connectivity index (χ0n) is 44.1. The van der Waals surface area contributed by atoms with Gasteiger partial charge < -0.3 is 0 Å². The van der Waals surface area contributed by atoms with Gasteiger partial charge in [-0.1, -0.05) is 239 Å². The quantitative estimate of drug-likeness (QED) is 0.169. The van der Waals surface area contributed by atoms with Gasteiger partial charge in [-0.3, -0.25) is 0 Å². The van der Waals surface area contributed by atoms with Crippen LogP contribution in [-0.4, -0.2) is 0 Å². The van der Waals surface area contributed by atoms with Gasteiger partial charge in [-0.25, -0.2) is 0 Å². The molecule has 0 fully saturated rings. The van der Waals surface area contributed by atoms with Crippen molar-refractivity contribution in [2.24, 2.45) is 0 Å². The summed E-state index contributed by atoms with van der Waals surface area (Å²) >= 11 is 0. The Morgan fingerprint density at radius 1 is 0.194 bits per heavy atom. The van der Waals surface area contributed by atoms with E-state index in [4.69, 9.17) is 0 Å². The van der Waals surface area contributed by atoms with E-state index in [9.17, 15) is 0 Å². The molecule has 0 aliphatic rings. The number of hydrogen-bond donors (Lipinski definition) is 0. The standard InChI is InChI=1S/C62H86/c1-55(2,3)43-29-25-30-44(56(4,5)6)51(43)39-37-41(53-47(59(13,14)15)33-27-34-48(53)60(16,17)18)42(54-49(61(19,20)21)35-28-36-50(54)62(22,23)24)38-40(39)52-45(57(7,8)9)31-26-32-46(52)58(10,11)12/h25-38H,1-24H3. The van der Waals surface area contributed by atoms with Crippen molar-refractivity contribution in [3.8, 4) is 44.5 Å². The molecule has 5 aromatic rings. The molecule has 0 heteroatoms. The van der Waals surface area contributed by atoms with E-state index in [-0.39, 0.29) is 43.3 Å². The summed E-state index contributed by atoms with van der Waals surface area (Å²) in [6.07, 6.45) is 0. The Kier molecular flexibility index (Phi) is 12.6. The Labute approximate surface area is 381 Å². The van der Waals surface area contributed by atoms with E-state index in [1.165, 1.54) is 89.0 Å². The molecule has 334 valence electrons. The smallest absolute Gasteiger partial charge is 0.00926 e. The number of rotatable bonds is 4. The van der Waals surface area contributed by atoms with Gasteiger partial charge in [-0.05, 0) is 144 Å². The van der Waals surface area contributed by atoms with Crippen LogP contribution in [-0.2, 0) is 43.3 Å². The van der Waals surface area contributed by atoms with Gasteiger partial charge in [-0.15, -0.1) is 0 Å². The van der Waals surface area contributed by atoms with Crippen LogP contribution in [0.25, 0.3) is 44.5 Å². The molecule has 0 aromatic heterocycles. The molecule has 0 saturated heterocycles. The molecule has 0 spiro atoms. The third kappa shape index (κ3) is 9.76. The van der Waals surface area contributed by atoms with E-state index in [1.807, 2.05) is 0 Å². The van der Waals surface area contributed by atoms with Crippen molar-refractivity contribution in [3.63, 3.8) is 0 Å². The first kappa shape index (κ1) is 49.1. The first-order valence-electron chi connectivity index (χ1n) is 23.6. The van der Waals surface area contributed by atoms with Crippen LogP contribution in [0.2, 0.25) is 0 Å². The van der Waals surface area contributed by atoms with Crippen LogP contribution in [0.5, 0.6) is 0 Å². The van der Waals surface area contributed by atoms with Gasteiger partial charge in [0.2, 0.25) is 0 Å². The van der Waals surface area contributed by atoms with Crippen LogP contribution in [0.4, 0.5) is 0 Å². The van der Waals surface area contributed by atoms with Gasteiger partial charge in [0.15, 0.2) is 0 Å². The maximum Gasteiger partial charge on any atom is -0.00926 e. The lowest BCUT2D eigenvalue weighted by atomic mass is 9.67. The molecule has 0 radical (unpaired) electrons. The van der Waals surface area contributed by atoms with Crippen molar-refractivity contribution < 1.29 is 0 Å². The van der Waals surface area contributed by atoms with Gasteiger partial charge in [0.1, 0.15) is 0 Å². The minimum Gasteiger partial charge on any atom is -0.0616 e. The molecular weight excluding hydrogens is 745 g/mol. The topological polar surface area (TPSA) is 0 Å². The predicted molar refractivity (Wildman–Crippen MR) is 278 cm³/mol. The fourth-order valence-electron chi connectivity index (χ4n) is 9.80. The lowest BCUT2D eigenvalue weighted by Crippen LogP contribution is -2.22. The Hall–Kier alpha value is -3.90. The predicted octanol–water partition coefficient (Wildman–Crippen LogP) is 18.7. The number of benzene rings is 5. The van der Waals surface area contributed by atoms with Crippen molar-refractivity contribution in [1.29, 1.82) is 0 Å². The molecule has 0 atom stereocenters. The fraction of sp³-hybridized carbons (Fsp3) is 0.516. The zero-order valence-corrected chi connectivity index (χ0v) is 44.1. The highest BCUT2D eigenvalue weighted by atomic mass is 14.4. The molecule has 0 bridgehead atoms. The molecular formula is C62H86. The van der Waals surface area contributed by atoms with E-state index in [2.05, 4.69) is 251 Å². The van der Waals surface area contributed by atoms with E-state index in [0.717, 1.165) is 0 Å². The third-order valence-corrected chi connectivity index (χ3v) is 13.0. The highest BCUT2D eigenvalue weighted by Gasteiger charge is 2.36. The van der Waals surface area contributed by atoms with Gasteiger partial charge in [-0.2, -0.15) is 0 Å². The molecule has 0 N–H and O–H groups in total. The molecule has 0 aliphatic carbocycles. The summed E-state index contributed by atoms with van der Waals surface area (Å²) in [5, 5.41) is 0. The van der Waals surface area contributed by atoms with Crippen molar-refractivity contribution in [3.05, 3.63) is 129 Å². The number of hydrogen-bond acceptors (Lipinski definition) is 0. The van der Waals surface area contributed by atoms with Crippen LogP contribution in [0.1, 0.15) is 211 Å². The summed E-state index contributed by atoms with van der Waals surface area (Å²) in [7, 11) is 0. The molecule has 0 saturated carbocycles. The summed E-state index contributed by atoms with van der Waals surface area (Å²) in [5.41, 5.74) is 21.1. The molecule has 0 amide bonds. The molecule has 0 aliphatic heterocycles. The highest BCUT2D eigenvalue weighted by Crippen LogP contribution is 2.55. The fourth-order valence-corrected chi connectivity index (χ4v) is 9.80. The summed E-state index contributed by atoms with van der Waals surface area (Å²) in [4.78, 5) is 0. The second-order valence-corrected chi connectivity index (χ2v) is 26.9. The van der Waals surface area contributed by atoms with Crippen LogP contribution in [0, 0.1) is 0 Å². The summed E-state index contributed by atoms with van der Waals surface area (Å²) < 4.78 is 0. The van der Waals surface area contributed by atoms with Gasteiger partial charge >= 0.3 is 0 Å². The maximum atomic E-state index is 2.70. The normalized spacial score (nSPS) is 13.8. The van der Waals surface area contributed by atoms with Crippen molar-refractivity contribution in [2.45, 2.75) is 209 Å². The van der Waals surface area contributed by atoms with Gasteiger partial charge in [0, 0.05) is 0 Å². The highest BCUT2D eigenvalue weighted by molar-refractivity contribution is 6.00. The largest absolute Gasteiger partial charge is 0.0616 e. The Morgan fingerprint density at radius 2 is 0.306 bits per heavy atom. The second-order valence-electron chi connectivity index (χ2n) is 26.9. The van der Waals surface area contributed by atoms with Gasteiger partial charge in [0.05, 0.1) is 0 Å². The van der Waals surface area contributed by atoms with Crippen molar-refractivity contribution in [2.75, 3.05) is 0 Å². The molecule has 62 heavy (non-hydrogen) atoms. The molecule has 0 heterocycles. The Balaban J connectivity index is 2.37. The van der Waals surface area contributed by atoms with E-state index in [0.29, 0.717) is 0 Å². The monoisotopic (exact) mass is 831 g/mol. The lowest BCUT2D eigenvalue weighted by Gasteiger charge is -2.37. The minimum absolute atomic E-state index is 0.110. The average Bonchev–Trinajstić information content (AvgIpc) is 3.10. The SMILES string of the molecule is CC(C)(C)c1cccc(C(C)(C)C)c1-c1cc(-c2c(C(C)(C)C)cccc2C(C)(C)C)c(-c2c(C(C)(C)C)cccc2C(C)(C)C)cc1-c1c(C(C)(C)C)cccc1C(C)(C)C. The third-order valence-electron chi connectivity index (χ3n) is 13.0. The summed E-state index contributed by atoms with van der Waals surface area (Å²) in [5.74, 6) is 0. The van der Waals surface area contributed by atoms with E-state index < -0.39 is 0 Å². The maximum absolute atomic E-state index is 2.70. The average molecular weight is 831 g/mol. The lowest BCUT2D eigenvalue weighted by molar-refractivity contribution is 0.569. The molecule has 0 unspecified atom stereocenters. The Morgan fingerprint density at radius 3 is 0.403 bits per heavy atom. The van der Waals surface area contributed by atoms with Crippen LogP contribution >= 0.6 is 0 Å². The summed E-state index contributed by atoms with van der Waals surface area (Å²) in [6, 6.07) is 34.0. The van der Waals surface area contributed by atoms with Crippen molar-refractivity contribution >= 4 is 0 Å². The zero-order chi connectivity index (χ0) is 47.1. The van der Waals surface area contributed by atoms with Crippen molar-refractivity contribution in [1.82, 2.24) is 0 Å². The summed E-state index contributed by atoms with van der Waals surface area (Å²) in [6.45, 7) is 57.6. The second kappa shape index (κ2) is 16.0. The Bertz CT molecular complexity index is 1960. The molecule has 5 rings (SSSR count). The first-order valence-corrected chi connectivity index (χ1v) is 23.6. The molecule has 0 nitrogen and oxygen atoms in total. The van der Waals surface area contributed by atoms with Crippen LogP contribution < -0.4 is 0 Å². The molecule has 5 aromatic carbocycles. The van der Waals surface area contributed by atoms with Crippen LogP contribution in [0.15, 0.2) is 84.9 Å². The minimum atomic E-state index is -0.110. The van der Waals surface area contributed by atoms with E-state index in [1.54, 1.807) is 0 Å². The first-order chi connectivity index (χ1) is 27.9. The van der Waals surface area contributed by atoms with E-state index >= 15 is 0 Å². The van der Waals surface area contributed by atoms with Gasteiger partial charge in [0.25, 0.3) is 0 Å². The van der Waals surface area contributed by atoms with Crippen LogP contribution in [0.3, 0.4) is 0 Å².